The first-order valence-corrected chi connectivity index (χ1v) is 39.8. The maximum Gasteiger partial charge on any atom is 0.351 e. The van der Waals surface area contributed by atoms with Gasteiger partial charge in [-0.15, -0.1) is 23.2 Å². The lowest BCUT2D eigenvalue weighted by atomic mass is 10.1. The van der Waals surface area contributed by atoms with Gasteiger partial charge in [-0.2, -0.15) is 55.1 Å². The molecule has 6 aliphatic rings. The number of ketones is 1. The number of carboxylic acid groups (broad SMARTS) is 1. The summed E-state index contributed by atoms with van der Waals surface area (Å²) in [7, 11) is 3.67. The number of halogens is 11. The minimum absolute atomic E-state index is 0. The maximum absolute atomic E-state index is 14.0. The van der Waals surface area contributed by atoms with Gasteiger partial charge in [-0.1, -0.05) is 55.4 Å². The predicted molar refractivity (Wildman–Crippen MR) is 433 cm³/mol. The van der Waals surface area contributed by atoms with Crippen molar-refractivity contribution in [2.45, 2.75) is 163 Å². The Kier molecular flexibility index (Phi) is 48.8. The quantitative estimate of drug-likeness (QED) is 0.00672. The van der Waals surface area contributed by atoms with Gasteiger partial charge in [0.2, 0.25) is 53.8 Å². The SMILES string of the molecule is C.COC(=O)CC(=O)Cl.COC(=O)CCC(=O)N1CCSC1=S.COC(=O)CCC(=O)Nc1ccn(C2O[C@H](CO)[C@@H](O)C2(F)F)c(=O)n1.ClCCl.Nc1ccn([C@@H]2O[C@H](CO)[C@@H](O)C2(F)F)c(=O)n1.O=C(CO)CCC(=O)Nc1ccn(C2O[C@H](CO)[C@@H](O)C2(F)F)c(=O)n1.O=C(O)CCC(=O)Nc1ccn(C2O[C@H](CO)[C@@H](O)C2(F)F)c(=O)n1.S=C1NCCS1. The van der Waals surface area contributed by atoms with Crippen molar-refractivity contribution < 1.29 is 167 Å². The Morgan fingerprint density at radius 2 is 0.843 bits per heavy atom. The first-order valence-electron chi connectivity index (χ1n) is 35.6. The van der Waals surface area contributed by atoms with Gasteiger partial charge in [-0.3, -0.25) is 71.1 Å². The summed E-state index contributed by atoms with van der Waals surface area (Å²) in [6, 6.07) is 4.33. The largest absolute Gasteiger partial charge is 0.481 e. The molecule has 0 bridgehead atoms. The summed E-state index contributed by atoms with van der Waals surface area (Å²) in [6.45, 7) is -2.36. The Balaban J connectivity index is 0.000000517. The molecule has 3 unspecified atom stereocenters. The topological polar surface area (TPSA) is 655 Å². The van der Waals surface area contributed by atoms with E-state index in [4.69, 9.17) is 115 Å². The molecule has 0 radical (unpaired) electrons. The molecule has 127 heavy (non-hydrogen) atoms. The zero-order chi connectivity index (χ0) is 95.5. The van der Waals surface area contributed by atoms with Crippen LogP contribution in [0.3, 0.4) is 0 Å². The number of thioether (sulfide) groups is 2. The van der Waals surface area contributed by atoms with Crippen LogP contribution in [0.2, 0.25) is 0 Å². The van der Waals surface area contributed by atoms with Crippen LogP contribution < -0.4 is 49.8 Å². The Morgan fingerprint density at radius 1 is 0.520 bits per heavy atom. The van der Waals surface area contributed by atoms with Crippen LogP contribution in [0.25, 0.3) is 0 Å². The van der Waals surface area contributed by atoms with Gasteiger partial charge in [-0.05, 0) is 35.9 Å². The number of anilines is 4. The average molecular weight is 1970 g/mol. The molecule has 60 heteroatoms. The summed E-state index contributed by atoms with van der Waals surface area (Å²) in [5.41, 5.74) is 0.684. The molecule has 6 saturated heterocycles. The average Bonchev–Trinajstić information content (AvgIpc) is 1.64. The second-order valence-electron chi connectivity index (χ2n) is 25.2. The number of nitrogens with zero attached hydrogens (tertiary/aromatic N) is 9. The van der Waals surface area contributed by atoms with Crippen molar-refractivity contribution >= 4 is 173 Å². The third kappa shape index (κ3) is 34.4. The Labute approximate surface area is 744 Å². The van der Waals surface area contributed by atoms with Gasteiger partial charge in [-0.25, -0.2) is 19.2 Å². The van der Waals surface area contributed by atoms with E-state index < -0.39 is 206 Å². The fourth-order valence-corrected chi connectivity index (χ4v) is 12.4. The van der Waals surface area contributed by atoms with Crippen LogP contribution in [0.1, 0.15) is 90.1 Å². The van der Waals surface area contributed by atoms with E-state index in [1.165, 1.54) is 33.1 Å². The third-order valence-corrected chi connectivity index (χ3v) is 19.4. The van der Waals surface area contributed by atoms with Gasteiger partial charge in [0, 0.05) is 81.5 Å². The third-order valence-electron chi connectivity index (χ3n) is 16.5. The molecule has 712 valence electrons. The van der Waals surface area contributed by atoms with E-state index in [0.29, 0.717) is 29.1 Å². The molecule has 6 aliphatic heterocycles. The number of rotatable bonds is 26. The first-order chi connectivity index (χ1) is 59.1. The molecule has 10 rings (SSSR count). The number of hydrogen-bond acceptors (Lipinski definition) is 39. The van der Waals surface area contributed by atoms with Crippen molar-refractivity contribution in [2.24, 2.45) is 0 Å². The number of aliphatic hydroxyl groups is 9. The number of aliphatic hydroxyl groups excluding tert-OH is 9. The molecular weight excluding hydrogens is 1880 g/mol. The standard InChI is InChI=1S/2C14H17F2N3O7.C13H15F2N3O7.C9H11F2N3O4.C8H11NO3S2.C4H5ClO3.C3H5NS2.CH2Cl2.CH4/c1-25-10(22)3-2-9(21)17-8-4-5-19(13(24)18-8)12-14(15,16)11(23)7(6-20)26-12;15-14(16)11(24)8(6-21)26-12(14)19-4-3-9(18-13(19)25)17-10(23)2-1-7(22)5-20;14-13(15)10(23)6(5-19)25-11(13)18-4-3-7(17-12(18)24)16-8(20)1-2-9(21)22;10-9(11)6(16)4(3-15)18-7(9)14-2-1-5(12)13-8(14)17;1-12-7(11)3-2-6(10)9-4-5-14-8(9)13;1-8-4(7)2-3(5)6;5-3-4-1-2-6-3;2-1-3;/h4-5,7,11-12,20,23H,2-3,6H2,1H3,(H,17,18,21,24);3-4,8,11-12,20-21,24H,1-2,5-6H2,(H,17,18,23,25);3-4,6,10-11,19,23H,1-2,5H2,(H,21,22)(H,16,17,20,24);1-2,4,6-7,15-16H,3H2,(H2,12,13,17);2-5H2,1H3;2H2,1H3;1-2H2,(H,4,5);1H2;1H4/t7-,11-,12?;8-,11-,12?;6-,10-,11?;4-,6-,7-;;;;;/m1111...../s1. The van der Waals surface area contributed by atoms with E-state index in [9.17, 15) is 123 Å². The number of nitrogens with two attached hydrogens (primary N) is 1. The molecule has 6 fully saturated rings. The molecular formula is C67H87Cl3F8N14O31S4. The van der Waals surface area contributed by atoms with Crippen molar-refractivity contribution in [2.75, 3.05) is 106 Å². The van der Waals surface area contributed by atoms with E-state index >= 15 is 0 Å². The van der Waals surface area contributed by atoms with E-state index in [1.807, 2.05) is 0 Å². The lowest BCUT2D eigenvalue weighted by molar-refractivity contribution is -0.143. The zero-order valence-electron chi connectivity index (χ0n) is 65.4. The zero-order valence-corrected chi connectivity index (χ0v) is 71.0. The number of ether oxygens (including phenoxy) is 7. The smallest absolute Gasteiger partial charge is 0.351 e. The van der Waals surface area contributed by atoms with Crippen LogP contribution in [0.4, 0.5) is 58.4 Å². The highest BCUT2D eigenvalue weighted by Gasteiger charge is 2.63. The second-order valence-corrected chi connectivity index (χ2v) is 29.9. The van der Waals surface area contributed by atoms with E-state index in [0.717, 1.165) is 71.4 Å². The fourth-order valence-electron chi connectivity index (χ4n) is 10.1. The van der Waals surface area contributed by atoms with E-state index in [-0.39, 0.29) is 99.3 Å². The molecule has 4 amide bonds. The molecule has 4 aromatic rings. The van der Waals surface area contributed by atoms with Crippen LogP contribution in [-0.2, 0) is 81.1 Å². The molecule has 0 spiro atoms. The number of carboxylic acids is 1. The van der Waals surface area contributed by atoms with Crippen LogP contribution in [0.5, 0.6) is 0 Å². The van der Waals surface area contributed by atoms with Crippen molar-refractivity contribution in [3.8, 4) is 0 Å². The molecule has 16 N–H and O–H groups in total. The minimum Gasteiger partial charge on any atom is -0.481 e. The van der Waals surface area contributed by atoms with E-state index in [2.05, 4.69) is 55.4 Å². The number of nitrogens with one attached hydrogen (secondary N) is 4. The molecule has 12 atom stereocenters. The summed E-state index contributed by atoms with van der Waals surface area (Å²) in [5.74, 6) is -19.4. The highest BCUT2D eigenvalue weighted by Crippen LogP contribution is 2.45. The number of esters is 3. The van der Waals surface area contributed by atoms with Crippen molar-refractivity contribution in [1.82, 2.24) is 48.4 Å². The Morgan fingerprint density at radius 3 is 1.09 bits per heavy atom. The van der Waals surface area contributed by atoms with E-state index in [1.54, 1.807) is 16.7 Å². The number of aliphatic carboxylic acids is 1. The van der Waals surface area contributed by atoms with Gasteiger partial charge in [0.05, 0.1) is 72.4 Å². The number of nitrogen functional groups attached to an aromatic ring is 1. The number of methoxy groups -OCH3 is 3. The van der Waals surface area contributed by atoms with Crippen molar-refractivity contribution in [1.29, 1.82) is 0 Å². The molecule has 4 aromatic heterocycles. The van der Waals surface area contributed by atoms with Crippen LogP contribution in [0.15, 0.2) is 68.2 Å². The van der Waals surface area contributed by atoms with Crippen molar-refractivity contribution in [3.05, 3.63) is 91.0 Å². The van der Waals surface area contributed by atoms with Crippen LogP contribution in [-0.4, -0.2) is 318 Å². The number of carbonyl (C=O) groups excluding carboxylic acids is 9. The van der Waals surface area contributed by atoms with Gasteiger partial charge in [0.25, 0.3) is 0 Å². The summed E-state index contributed by atoms with van der Waals surface area (Å²) in [5, 5.41) is 99.5. The van der Waals surface area contributed by atoms with Crippen LogP contribution in [0, 0.1) is 0 Å². The summed E-state index contributed by atoms with van der Waals surface area (Å²) in [6.07, 6.45) is -21.7. The van der Waals surface area contributed by atoms with Crippen molar-refractivity contribution in [3.63, 3.8) is 0 Å². The van der Waals surface area contributed by atoms with Gasteiger partial charge in [0.1, 0.15) is 69.4 Å². The molecule has 0 aromatic carbocycles. The summed E-state index contributed by atoms with van der Waals surface area (Å²) in [4.78, 5) is 172. The summed E-state index contributed by atoms with van der Waals surface area (Å²) < 4.78 is 147. The fraction of sp³-hybridized carbons (Fsp3) is 0.582. The highest BCUT2D eigenvalue weighted by molar-refractivity contribution is 8.23. The van der Waals surface area contributed by atoms with Crippen LogP contribution >= 0.6 is 82.8 Å². The summed E-state index contributed by atoms with van der Waals surface area (Å²) >= 11 is 27.3. The molecule has 0 aliphatic carbocycles. The normalized spacial score (nSPS) is 22.6. The molecule has 10 heterocycles. The van der Waals surface area contributed by atoms with Gasteiger partial charge in [0.15, 0.2) is 30.2 Å². The number of alkyl halides is 10. The first kappa shape index (κ1) is 114. The lowest BCUT2D eigenvalue weighted by Crippen LogP contribution is -2.41. The Bertz CT molecular complexity index is 4530. The minimum atomic E-state index is -3.84. The maximum atomic E-state index is 14.0. The monoisotopic (exact) mass is 1970 g/mol. The number of carbonyl (C=O) groups is 10. The number of amides is 4. The van der Waals surface area contributed by atoms with Gasteiger partial charge >= 0.3 is 70.3 Å². The Hall–Kier alpha value is -9.11. The second kappa shape index (κ2) is 54.4. The molecule has 0 saturated carbocycles. The number of aromatic nitrogens is 8. The number of hydrogen-bond donors (Lipinski definition) is 15. The number of Topliss-reactive ketones (excluding diaryl/α,β-unsaturated/α-hetero) is 1. The number of thiocarbonyl (C=S) groups is 2. The van der Waals surface area contributed by atoms with Gasteiger partial charge < -0.3 is 111 Å². The predicted octanol–water partition coefficient (Wildman–Crippen LogP) is -1.15. The molecule has 45 nitrogen and oxygen atoms in total. The lowest BCUT2D eigenvalue weighted by Gasteiger charge is -2.21. The highest BCUT2D eigenvalue weighted by atomic mass is 35.5.